The molecule has 1 unspecified atom stereocenters. The number of aromatic nitrogens is 1. The largest absolute Gasteiger partial charge is 0.493 e. The summed E-state index contributed by atoms with van der Waals surface area (Å²) in [4.78, 5) is 20.0. The molecule has 2 heterocycles. The quantitative estimate of drug-likeness (QED) is 0.406. The maximum Gasteiger partial charge on any atom is 0.256 e. The lowest BCUT2D eigenvalue weighted by atomic mass is 10.1. The van der Waals surface area contributed by atoms with E-state index in [-0.39, 0.29) is 5.91 Å². The third kappa shape index (κ3) is 7.29. The summed E-state index contributed by atoms with van der Waals surface area (Å²) >= 11 is 6.25. The van der Waals surface area contributed by atoms with Crippen molar-refractivity contribution < 1.29 is 9.53 Å². The van der Waals surface area contributed by atoms with Gasteiger partial charge in [-0.05, 0) is 60.9 Å². The van der Waals surface area contributed by atoms with Crippen molar-refractivity contribution in [2.75, 3.05) is 31.6 Å². The van der Waals surface area contributed by atoms with Crippen molar-refractivity contribution in [2.24, 2.45) is 5.92 Å². The molecule has 1 aliphatic rings. The van der Waals surface area contributed by atoms with Crippen LogP contribution in [0.5, 0.6) is 5.75 Å². The first kappa shape index (κ1) is 26.1. The first-order valence-corrected chi connectivity index (χ1v) is 13.0. The lowest BCUT2D eigenvalue weighted by molar-refractivity contribution is 0.102. The number of anilines is 1. The summed E-state index contributed by atoms with van der Waals surface area (Å²) in [6.07, 6.45) is 0.552. The van der Waals surface area contributed by atoms with E-state index in [1.165, 1.54) is 5.56 Å². The number of amides is 1. The summed E-state index contributed by atoms with van der Waals surface area (Å²) in [6, 6.07) is 19.6. The molecule has 0 radical (unpaired) electrons. The summed E-state index contributed by atoms with van der Waals surface area (Å²) in [5.41, 5.74) is 3.61. The molecule has 190 valence electrons. The molecule has 3 aromatic rings. The van der Waals surface area contributed by atoms with E-state index in [4.69, 9.17) is 16.3 Å². The fraction of sp³-hybridized carbons (Fsp3) is 0.379. The molecular formula is C29H35ClN4O2. The molecule has 1 saturated heterocycles. The standard InChI is InChI=1S/C29H35ClN4O2/c1-20(2)19-36-27-12-11-25(30)15-24(27)16-26-5-4-6-28(32-26)33-29(35)23-9-7-22(8-10-23)18-34-14-13-31-17-21(34)3/h4-12,15,20-21,31H,13-14,16-19H2,1-3H3,(H,32,33,35). The summed E-state index contributed by atoms with van der Waals surface area (Å²) in [5, 5.41) is 7.00. The van der Waals surface area contributed by atoms with Crippen LogP contribution in [-0.4, -0.2) is 48.1 Å². The van der Waals surface area contributed by atoms with Gasteiger partial charge in [-0.15, -0.1) is 0 Å². The van der Waals surface area contributed by atoms with Gasteiger partial charge < -0.3 is 15.4 Å². The van der Waals surface area contributed by atoms with Crippen molar-refractivity contribution in [3.8, 4) is 5.75 Å². The second-order valence-corrected chi connectivity index (χ2v) is 10.3. The van der Waals surface area contributed by atoms with Gasteiger partial charge in [-0.25, -0.2) is 4.98 Å². The van der Waals surface area contributed by atoms with Crippen molar-refractivity contribution in [1.82, 2.24) is 15.2 Å². The lowest BCUT2D eigenvalue weighted by Crippen LogP contribution is -2.49. The number of halogens is 1. The van der Waals surface area contributed by atoms with Gasteiger partial charge in [-0.1, -0.05) is 43.6 Å². The molecule has 4 rings (SSSR count). The van der Waals surface area contributed by atoms with E-state index in [2.05, 4.69) is 41.3 Å². The molecule has 1 amide bonds. The molecule has 1 aliphatic heterocycles. The van der Waals surface area contributed by atoms with Crippen LogP contribution in [0.1, 0.15) is 48.0 Å². The Hall–Kier alpha value is -2.93. The van der Waals surface area contributed by atoms with Crippen molar-refractivity contribution in [1.29, 1.82) is 0 Å². The second-order valence-electron chi connectivity index (χ2n) is 9.82. The Morgan fingerprint density at radius 1 is 1.19 bits per heavy atom. The van der Waals surface area contributed by atoms with Crippen LogP contribution in [0, 0.1) is 5.92 Å². The van der Waals surface area contributed by atoms with E-state index in [0.717, 1.165) is 43.2 Å². The topological polar surface area (TPSA) is 66.5 Å². The van der Waals surface area contributed by atoms with Gasteiger partial charge in [0.05, 0.1) is 6.61 Å². The van der Waals surface area contributed by atoms with Crippen molar-refractivity contribution in [3.63, 3.8) is 0 Å². The first-order valence-electron chi connectivity index (χ1n) is 12.6. The van der Waals surface area contributed by atoms with Gasteiger partial charge in [0, 0.05) is 60.5 Å². The number of nitrogens with zero attached hydrogens (tertiary/aromatic N) is 2. The van der Waals surface area contributed by atoms with E-state index in [1.54, 1.807) is 6.07 Å². The van der Waals surface area contributed by atoms with Gasteiger partial charge in [0.2, 0.25) is 0 Å². The van der Waals surface area contributed by atoms with E-state index in [0.29, 0.717) is 41.4 Å². The highest BCUT2D eigenvalue weighted by Gasteiger charge is 2.18. The number of benzene rings is 2. The molecule has 2 aromatic carbocycles. The van der Waals surface area contributed by atoms with E-state index < -0.39 is 0 Å². The second kappa shape index (κ2) is 12.3. The van der Waals surface area contributed by atoms with Crippen molar-refractivity contribution in [2.45, 2.75) is 39.8 Å². The highest BCUT2D eigenvalue weighted by molar-refractivity contribution is 6.30. The SMILES string of the molecule is CC(C)COc1ccc(Cl)cc1Cc1cccc(NC(=O)c2ccc(CN3CCNCC3C)cc2)n1. The van der Waals surface area contributed by atoms with Crippen molar-refractivity contribution >= 4 is 23.3 Å². The molecule has 36 heavy (non-hydrogen) atoms. The number of rotatable bonds is 9. The average Bonchev–Trinajstić information content (AvgIpc) is 2.85. The molecule has 2 N–H and O–H groups in total. The predicted molar refractivity (Wildman–Crippen MR) is 146 cm³/mol. The van der Waals surface area contributed by atoms with E-state index in [9.17, 15) is 4.79 Å². The maximum atomic E-state index is 12.9. The third-order valence-electron chi connectivity index (χ3n) is 6.26. The maximum absolute atomic E-state index is 12.9. The minimum atomic E-state index is -0.176. The van der Waals surface area contributed by atoms with Crippen LogP contribution in [0.3, 0.4) is 0 Å². The Bertz CT molecular complexity index is 1170. The number of ether oxygens (including phenoxy) is 1. The first-order chi connectivity index (χ1) is 17.4. The number of hydrogen-bond donors (Lipinski definition) is 2. The molecule has 1 fully saturated rings. The Labute approximate surface area is 219 Å². The monoisotopic (exact) mass is 506 g/mol. The Kier molecular flexibility index (Phi) is 8.97. The molecular weight excluding hydrogens is 472 g/mol. The van der Waals surface area contributed by atoms with E-state index >= 15 is 0 Å². The van der Waals surface area contributed by atoms with Gasteiger partial charge in [0.15, 0.2) is 0 Å². The Morgan fingerprint density at radius 3 is 2.75 bits per heavy atom. The number of carbonyl (C=O) groups is 1. The van der Waals surface area contributed by atoms with Gasteiger partial charge in [0.1, 0.15) is 11.6 Å². The Balaban J connectivity index is 1.40. The molecule has 6 nitrogen and oxygen atoms in total. The number of carbonyl (C=O) groups excluding carboxylic acids is 1. The fourth-order valence-corrected chi connectivity index (χ4v) is 4.42. The Morgan fingerprint density at radius 2 is 2.00 bits per heavy atom. The minimum absolute atomic E-state index is 0.176. The molecule has 1 aromatic heterocycles. The fourth-order valence-electron chi connectivity index (χ4n) is 4.23. The molecule has 0 aliphatic carbocycles. The zero-order chi connectivity index (χ0) is 25.5. The van der Waals surface area contributed by atoms with Crippen LogP contribution in [-0.2, 0) is 13.0 Å². The smallest absolute Gasteiger partial charge is 0.256 e. The van der Waals surface area contributed by atoms with Gasteiger partial charge in [-0.2, -0.15) is 0 Å². The zero-order valence-corrected chi connectivity index (χ0v) is 22.0. The van der Waals surface area contributed by atoms with Gasteiger partial charge in [-0.3, -0.25) is 9.69 Å². The molecule has 0 spiro atoms. The van der Waals surface area contributed by atoms with Crippen LogP contribution >= 0.6 is 11.6 Å². The van der Waals surface area contributed by atoms with E-state index in [1.807, 2.05) is 54.6 Å². The molecule has 0 bridgehead atoms. The molecule has 7 heteroatoms. The summed E-state index contributed by atoms with van der Waals surface area (Å²) < 4.78 is 5.98. The summed E-state index contributed by atoms with van der Waals surface area (Å²) in [5.74, 6) is 1.57. The van der Waals surface area contributed by atoms with Crippen LogP contribution in [0.4, 0.5) is 5.82 Å². The van der Waals surface area contributed by atoms with Gasteiger partial charge in [0.25, 0.3) is 5.91 Å². The minimum Gasteiger partial charge on any atom is -0.493 e. The third-order valence-corrected chi connectivity index (χ3v) is 6.49. The zero-order valence-electron chi connectivity index (χ0n) is 21.3. The molecule has 1 atom stereocenters. The number of pyridine rings is 1. The van der Waals surface area contributed by atoms with Crippen LogP contribution in [0.15, 0.2) is 60.7 Å². The highest BCUT2D eigenvalue weighted by atomic mass is 35.5. The van der Waals surface area contributed by atoms with Crippen LogP contribution < -0.4 is 15.4 Å². The number of hydrogen-bond acceptors (Lipinski definition) is 5. The number of piperazine rings is 1. The normalized spacial score (nSPS) is 16.2. The summed E-state index contributed by atoms with van der Waals surface area (Å²) in [7, 11) is 0. The van der Waals surface area contributed by atoms with Crippen molar-refractivity contribution in [3.05, 3.63) is 88.1 Å². The predicted octanol–water partition coefficient (Wildman–Crippen LogP) is 5.41. The lowest BCUT2D eigenvalue weighted by Gasteiger charge is -2.33. The van der Waals surface area contributed by atoms with Gasteiger partial charge >= 0.3 is 0 Å². The number of nitrogens with one attached hydrogen (secondary N) is 2. The average molecular weight is 507 g/mol. The van der Waals surface area contributed by atoms with Crippen LogP contribution in [0.2, 0.25) is 5.02 Å². The molecule has 0 saturated carbocycles. The van der Waals surface area contributed by atoms with Crippen LogP contribution in [0.25, 0.3) is 0 Å². The summed E-state index contributed by atoms with van der Waals surface area (Å²) in [6.45, 7) is 11.0. The highest BCUT2D eigenvalue weighted by Crippen LogP contribution is 2.26.